The molecule has 0 unspecified atom stereocenters. The first-order valence-corrected chi connectivity index (χ1v) is 4.58. The molecule has 58 valence electrons. The van der Waals surface area contributed by atoms with Crippen LogP contribution in [0.15, 0.2) is 0 Å². The van der Waals surface area contributed by atoms with Crippen molar-refractivity contribution in [3.05, 3.63) is 0 Å². The molecule has 0 bridgehead atoms. The smallest absolute Gasteiger partial charge is 0.0604 e. The van der Waals surface area contributed by atoms with Crippen LogP contribution < -0.4 is 0 Å². The van der Waals surface area contributed by atoms with Gasteiger partial charge in [0.2, 0.25) is 0 Å². The Balaban J connectivity index is 1.85. The third-order valence-electron chi connectivity index (χ3n) is 2.89. The summed E-state index contributed by atoms with van der Waals surface area (Å²) >= 11 is 0. The van der Waals surface area contributed by atoms with Crippen molar-refractivity contribution in [3.63, 3.8) is 0 Å². The first-order chi connectivity index (χ1) is 4.97. The van der Waals surface area contributed by atoms with Crippen LogP contribution in [0.2, 0.25) is 0 Å². The summed E-state index contributed by atoms with van der Waals surface area (Å²) in [5.41, 5.74) is 0. The summed E-state index contributed by atoms with van der Waals surface area (Å²) in [6.07, 6.45) is 9.07. The lowest BCUT2D eigenvalue weighted by molar-refractivity contribution is 0.0654. The molecule has 1 nitrogen and oxygen atoms in total. The Hall–Kier alpha value is -0.0400. The molecule has 1 aliphatic carbocycles. The van der Waals surface area contributed by atoms with Gasteiger partial charge in [-0.3, -0.25) is 0 Å². The minimum atomic E-state index is 0.655. The van der Waals surface area contributed by atoms with E-state index in [1.54, 1.807) is 0 Å². The maximum atomic E-state index is 5.64. The highest BCUT2D eigenvalue weighted by Crippen LogP contribution is 2.33. The average molecular weight is 140 g/mol. The Morgan fingerprint density at radius 1 is 0.900 bits per heavy atom. The third-order valence-corrected chi connectivity index (χ3v) is 2.89. The van der Waals surface area contributed by atoms with Crippen molar-refractivity contribution in [2.75, 3.05) is 6.61 Å². The van der Waals surface area contributed by atoms with E-state index in [1.165, 1.54) is 38.5 Å². The summed E-state index contributed by atoms with van der Waals surface area (Å²) in [5.74, 6) is 0.933. The molecule has 1 saturated heterocycles. The fourth-order valence-corrected chi connectivity index (χ4v) is 2.30. The minimum absolute atomic E-state index is 0.655. The SMILES string of the molecule is C1CCC([C@H]2CCCO2)C1. The number of ether oxygens (including phenoxy) is 1. The van der Waals surface area contributed by atoms with Crippen molar-refractivity contribution in [1.29, 1.82) is 0 Å². The van der Waals surface area contributed by atoms with Gasteiger partial charge in [-0.25, -0.2) is 0 Å². The van der Waals surface area contributed by atoms with Crippen LogP contribution in [0.3, 0.4) is 0 Å². The van der Waals surface area contributed by atoms with Crippen molar-refractivity contribution in [3.8, 4) is 0 Å². The quantitative estimate of drug-likeness (QED) is 0.543. The highest BCUT2D eigenvalue weighted by atomic mass is 16.5. The van der Waals surface area contributed by atoms with Gasteiger partial charge in [-0.2, -0.15) is 0 Å². The second-order valence-corrected chi connectivity index (χ2v) is 3.60. The Labute approximate surface area is 62.8 Å². The zero-order valence-electron chi connectivity index (χ0n) is 6.51. The van der Waals surface area contributed by atoms with E-state index < -0.39 is 0 Å². The topological polar surface area (TPSA) is 9.23 Å². The van der Waals surface area contributed by atoms with Gasteiger partial charge < -0.3 is 4.74 Å². The molecular weight excluding hydrogens is 124 g/mol. The van der Waals surface area contributed by atoms with Crippen LogP contribution >= 0.6 is 0 Å². The van der Waals surface area contributed by atoms with Gasteiger partial charge in [0, 0.05) is 6.61 Å². The van der Waals surface area contributed by atoms with E-state index in [0.717, 1.165) is 12.5 Å². The number of hydrogen-bond acceptors (Lipinski definition) is 1. The molecule has 0 spiro atoms. The first kappa shape index (κ1) is 6.66. The van der Waals surface area contributed by atoms with Crippen LogP contribution in [0.4, 0.5) is 0 Å². The summed E-state index contributed by atoms with van der Waals surface area (Å²) in [7, 11) is 0. The Kier molecular flexibility index (Phi) is 1.94. The molecule has 10 heavy (non-hydrogen) atoms. The van der Waals surface area contributed by atoms with Gasteiger partial charge in [-0.1, -0.05) is 12.8 Å². The fraction of sp³-hybridized carbons (Fsp3) is 1.00. The molecule has 1 atom stereocenters. The minimum Gasteiger partial charge on any atom is -0.378 e. The van der Waals surface area contributed by atoms with E-state index in [-0.39, 0.29) is 0 Å². The van der Waals surface area contributed by atoms with E-state index in [1.807, 2.05) is 0 Å². The summed E-state index contributed by atoms with van der Waals surface area (Å²) in [6.45, 7) is 1.03. The predicted octanol–water partition coefficient (Wildman–Crippen LogP) is 2.36. The van der Waals surface area contributed by atoms with Crippen LogP contribution in [-0.2, 0) is 4.74 Å². The molecule has 0 aromatic carbocycles. The maximum absolute atomic E-state index is 5.64. The zero-order valence-corrected chi connectivity index (χ0v) is 6.51. The molecule has 1 heteroatoms. The maximum Gasteiger partial charge on any atom is 0.0604 e. The molecule has 1 heterocycles. The van der Waals surface area contributed by atoms with Gasteiger partial charge in [-0.05, 0) is 31.6 Å². The third kappa shape index (κ3) is 1.20. The summed E-state index contributed by atoms with van der Waals surface area (Å²) < 4.78 is 5.64. The molecule has 2 rings (SSSR count). The van der Waals surface area contributed by atoms with Gasteiger partial charge in [0.05, 0.1) is 6.10 Å². The molecule has 2 aliphatic rings. The van der Waals surface area contributed by atoms with E-state index in [0.29, 0.717) is 6.10 Å². The largest absolute Gasteiger partial charge is 0.378 e. The average Bonchev–Trinajstić information content (AvgIpc) is 2.59. The molecule has 1 aliphatic heterocycles. The highest BCUT2D eigenvalue weighted by molar-refractivity contribution is 4.78. The van der Waals surface area contributed by atoms with Gasteiger partial charge >= 0.3 is 0 Å². The second-order valence-electron chi connectivity index (χ2n) is 3.60. The van der Waals surface area contributed by atoms with Gasteiger partial charge in [0.25, 0.3) is 0 Å². The molecule has 2 fully saturated rings. The molecule has 0 aromatic heterocycles. The number of hydrogen-bond donors (Lipinski definition) is 0. The fourth-order valence-electron chi connectivity index (χ4n) is 2.30. The Morgan fingerprint density at radius 3 is 2.30 bits per heavy atom. The molecule has 0 N–H and O–H groups in total. The van der Waals surface area contributed by atoms with Gasteiger partial charge in [-0.15, -0.1) is 0 Å². The van der Waals surface area contributed by atoms with Crippen molar-refractivity contribution in [2.45, 2.75) is 44.6 Å². The zero-order chi connectivity index (χ0) is 6.81. The van der Waals surface area contributed by atoms with Crippen molar-refractivity contribution < 1.29 is 4.74 Å². The van der Waals surface area contributed by atoms with Crippen molar-refractivity contribution in [1.82, 2.24) is 0 Å². The lowest BCUT2D eigenvalue weighted by atomic mass is 9.99. The highest BCUT2D eigenvalue weighted by Gasteiger charge is 2.27. The molecular formula is C9H16O. The summed E-state index contributed by atoms with van der Waals surface area (Å²) in [5, 5.41) is 0. The van der Waals surface area contributed by atoms with Crippen molar-refractivity contribution >= 4 is 0 Å². The van der Waals surface area contributed by atoms with E-state index in [4.69, 9.17) is 4.74 Å². The van der Waals surface area contributed by atoms with E-state index in [9.17, 15) is 0 Å². The van der Waals surface area contributed by atoms with E-state index >= 15 is 0 Å². The van der Waals surface area contributed by atoms with Gasteiger partial charge in [0.1, 0.15) is 0 Å². The molecule has 0 radical (unpaired) electrons. The monoisotopic (exact) mass is 140 g/mol. The molecule has 0 amide bonds. The van der Waals surface area contributed by atoms with Crippen LogP contribution in [0.1, 0.15) is 38.5 Å². The molecule has 1 saturated carbocycles. The van der Waals surface area contributed by atoms with Crippen molar-refractivity contribution in [2.24, 2.45) is 5.92 Å². The van der Waals surface area contributed by atoms with Gasteiger partial charge in [0.15, 0.2) is 0 Å². The Bertz CT molecular complexity index is 85.3. The first-order valence-electron chi connectivity index (χ1n) is 4.58. The lowest BCUT2D eigenvalue weighted by Gasteiger charge is -2.16. The normalized spacial score (nSPS) is 35.4. The van der Waals surface area contributed by atoms with Crippen LogP contribution in [0, 0.1) is 5.92 Å². The second kappa shape index (κ2) is 2.91. The lowest BCUT2D eigenvalue weighted by Crippen LogP contribution is -2.15. The molecule has 0 aromatic rings. The summed E-state index contributed by atoms with van der Waals surface area (Å²) in [4.78, 5) is 0. The Morgan fingerprint density at radius 2 is 1.70 bits per heavy atom. The van der Waals surface area contributed by atoms with Crippen LogP contribution in [0.25, 0.3) is 0 Å². The summed E-state index contributed by atoms with van der Waals surface area (Å²) in [6, 6.07) is 0. The van der Waals surface area contributed by atoms with Crippen LogP contribution in [0.5, 0.6) is 0 Å². The van der Waals surface area contributed by atoms with E-state index in [2.05, 4.69) is 0 Å². The standard InChI is InChI=1S/C9H16O/c1-2-5-8(4-1)9-6-3-7-10-9/h8-9H,1-7H2/t9-/m1/s1. The number of rotatable bonds is 1. The van der Waals surface area contributed by atoms with Crippen LogP contribution in [-0.4, -0.2) is 12.7 Å². The predicted molar refractivity (Wildman–Crippen MR) is 40.9 cm³/mol.